The van der Waals surface area contributed by atoms with Gasteiger partial charge in [0.2, 0.25) is 11.8 Å². The minimum absolute atomic E-state index is 0.0244. The smallest absolute Gasteiger partial charge is 0.225 e. The SMILES string of the molecule is CCCC(=O)N1CCNC(=O)[C@@H](Cc2ccccc2-c2ccc(OC)cc2)C1. The van der Waals surface area contributed by atoms with Crippen LogP contribution in [0.1, 0.15) is 25.3 Å². The number of hydrogen-bond acceptors (Lipinski definition) is 3. The topological polar surface area (TPSA) is 58.6 Å². The summed E-state index contributed by atoms with van der Waals surface area (Å²) in [5, 5.41) is 2.97. The van der Waals surface area contributed by atoms with Gasteiger partial charge < -0.3 is 15.0 Å². The predicted molar refractivity (Wildman–Crippen MR) is 110 cm³/mol. The third-order valence-corrected chi connectivity index (χ3v) is 5.19. The Morgan fingerprint density at radius 1 is 1.18 bits per heavy atom. The van der Waals surface area contributed by atoms with Gasteiger partial charge in [-0.25, -0.2) is 0 Å². The Morgan fingerprint density at radius 2 is 1.93 bits per heavy atom. The van der Waals surface area contributed by atoms with Gasteiger partial charge in [0.1, 0.15) is 5.75 Å². The quantitative estimate of drug-likeness (QED) is 0.837. The van der Waals surface area contributed by atoms with Crippen molar-refractivity contribution in [2.24, 2.45) is 5.92 Å². The summed E-state index contributed by atoms with van der Waals surface area (Å²) in [5.74, 6) is 0.723. The lowest BCUT2D eigenvalue weighted by Crippen LogP contribution is -2.37. The predicted octanol–water partition coefficient (Wildman–Crippen LogP) is 3.28. The number of carbonyl (C=O) groups excluding carboxylic acids is 2. The van der Waals surface area contributed by atoms with Crippen LogP contribution in [0.3, 0.4) is 0 Å². The van der Waals surface area contributed by atoms with E-state index in [0.29, 0.717) is 32.5 Å². The summed E-state index contributed by atoms with van der Waals surface area (Å²) in [6.07, 6.45) is 1.95. The average Bonchev–Trinajstić information content (AvgIpc) is 2.90. The van der Waals surface area contributed by atoms with Crippen molar-refractivity contribution >= 4 is 11.8 Å². The van der Waals surface area contributed by atoms with Crippen molar-refractivity contribution in [2.45, 2.75) is 26.2 Å². The van der Waals surface area contributed by atoms with Crippen molar-refractivity contribution in [2.75, 3.05) is 26.7 Å². The number of methoxy groups -OCH3 is 1. The molecule has 2 aromatic rings. The van der Waals surface area contributed by atoms with E-state index in [1.54, 1.807) is 7.11 Å². The first-order valence-corrected chi connectivity index (χ1v) is 9.90. The summed E-state index contributed by atoms with van der Waals surface area (Å²) in [6.45, 7) is 3.58. The third-order valence-electron chi connectivity index (χ3n) is 5.19. The van der Waals surface area contributed by atoms with Crippen molar-refractivity contribution in [1.82, 2.24) is 10.2 Å². The molecule has 1 aliphatic rings. The fraction of sp³-hybridized carbons (Fsp3) is 0.391. The van der Waals surface area contributed by atoms with E-state index in [9.17, 15) is 9.59 Å². The molecule has 5 heteroatoms. The maximum Gasteiger partial charge on any atom is 0.225 e. The Labute approximate surface area is 166 Å². The zero-order valence-corrected chi connectivity index (χ0v) is 16.6. The summed E-state index contributed by atoms with van der Waals surface area (Å²) in [7, 11) is 1.65. The van der Waals surface area contributed by atoms with Gasteiger partial charge in [-0.05, 0) is 41.7 Å². The molecule has 1 saturated heterocycles. The normalized spacial score (nSPS) is 17.0. The third kappa shape index (κ3) is 4.71. The highest BCUT2D eigenvalue weighted by Gasteiger charge is 2.28. The standard InChI is InChI=1S/C23H28N2O3/c1-3-6-22(26)25-14-13-24-23(27)19(16-25)15-18-7-4-5-8-21(18)17-9-11-20(28-2)12-10-17/h4-5,7-12,19H,3,6,13-16H2,1-2H3,(H,24,27)/t19-/m0/s1. The van der Waals surface area contributed by atoms with E-state index >= 15 is 0 Å². The lowest BCUT2D eigenvalue weighted by atomic mass is 9.91. The molecule has 1 fully saturated rings. The molecule has 5 nitrogen and oxygen atoms in total. The number of hydrogen-bond donors (Lipinski definition) is 1. The zero-order chi connectivity index (χ0) is 19.9. The minimum Gasteiger partial charge on any atom is -0.497 e. The molecule has 0 bridgehead atoms. The van der Waals surface area contributed by atoms with Crippen molar-refractivity contribution in [3.05, 3.63) is 54.1 Å². The molecule has 2 amide bonds. The van der Waals surface area contributed by atoms with Crippen LogP contribution in [0.15, 0.2) is 48.5 Å². The summed E-state index contributed by atoms with van der Waals surface area (Å²) in [6, 6.07) is 16.1. The van der Waals surface area contributed by atoms with E-state index < -0.39 is 0 Å². The molecule has 0 aliphatic carbocycles. The van der Waals surface area contributed by atoms with Crippen molar-refractivity contribution in [3.8, 4) is 16.9 Å². The van der Waals surface area contributed by atoms with Crippen LogP contribution in [0.5, 0.6) is 5.75 Å². The molecule has 0 aromatic heterocycles. The maximum absolute atomic E-state index is 12.6. The molecule has 0 radical (unpaired) electrons. The highest BCUT2D eigenvalue weighted by molar-refractivity contribution is 5.82. The van der Waals surface area contributed by atoms with Gasteiger partial charge in [0, 0.05) is 26.1 Å². The monoisotopic (exact) mass is 380 g/mol. The Kier molecular flexibility index (Phi) is 6.69. The van der Waals surface area contributed by atoms with Crippen LogP contribution in [0, 0.1) is 5.92 Å². The Morgan fingerprint density at radius 3 is 2.64 bits per heavy atom. The van der Waals surface area contributed by atoms with Gasteiger partial charge >= 0.3 is 0 Å². The molecule has 0 spiro atoms. The van der Waals surface area contributed by atoms with Gasteiger partial charge in [-0.1, -0.05) is 43.3 Å². The molecule has 3 rings (SSSR count). The lowest BCUT2D eigenvalue weighted by Gasteiger charge is -2.23. The van der Waals surface area contributed by atoms with E-state index in [0.717, 1.165) is 28.9 Å². The van der Waals surface area contributed by atoms with E-state index in [-0.39, 0.29) is 17.7 Å². The van der Waals surface area contributed by atoms with Gasteiger partial charge in [0.05, 0.1) is 13.0 Å². The number of ether oxygens (including phenoxy) is 1. The van der Waals surface area contributed by atoms with Crippen molar-refractivity contribution in [3.63, 3.8) is 0 Å². The van der Waals surface area contributed by atoms with E-state index in [2.05, 4.69) is 17.4 Å². The van der Waals surface area contributed by atoms with Crippen molar-refractivity contribution in [1.29, 1.82) is 0 Å². The van der Waals surface area contributed by atoms with Gasteiger partial charge in [0.25, 0.3) is 0 Å². The van der Waals surface area contributed by atoms with Crippen molar-refractivity contribution < 1.29 is 14.3 Å². The molecule has 1 atom stereocenters. The van der Waals surface area contributed by atoms with Crippen LogP contribution >= 0.6 is 0 Å². The van der Waals surface area contributed by atoms with Crippen LogP contribution in [0.2, 0.25) is 0 Å². The number of carbonyl (C=O) groups is 2. The number of benzene rings is 2. The second-order valence-corrected chi connectivity index (χ2v) is 7.17. The molecule has 28 heavy (non-hydrogen) atoms. The number of amides is 2. The van der Waals surface area contributed by atoms with E-state index in [4.69, 9.17) is 4.74 Å². The van der Waals surface area contributed by atoms with Gasteiger partial charge in [-0.2, -0.15) is 0 Å². The summed E-state index contributed by atoms with van der Waals surface area (Å²) in [5.41, 5.74) is 3.30. The molecule has 1 N–H and O–H groups in total. The molecule has 0 unspecified atom stereocenters. The maximum atomic E-state index is 12.6. The largest absolute Gasteiger partial charge is 0.497 e. The second kappa shape index (κ2) is 9.40. The highest BCUT2D eigenvalue weighted by atomic mass is 16.5. The minimum atomic E-state index is -0.247. The van der Waals surface area contributed by atoms with Gasteiger partial charge in [-0.3, -0.25) is 9.59 Å². The summed E-state index contributed by atoms with van der Waals surface area (Å²) >= 11 is 0. The number of nitrogens with zero attached hydrogens (tertiary/aromatic N) is 1. The van der Waals surface area contributed by atoms with Crippen LogP contribution in [0.4, 0.5) is 0 Å². The molecule has 1 heterocycles. The number of rotatable bonds is 6. The molecular formula is C23H28N2O3. The van der Waals surface area contributed by atoms with Crippen LogP contribution < -0.4 is 10.1 Å². The summed E-state index contributed by atoms with van der Waals surface area (Å²) in [4.78, 5) is 26.8. The fourth-order valence-corrected chi connectivity index (χ4v) is 3.67. The Bertz CT molecular complexity index is 817. The van der Waals surface area contributed by atoms with Gasteiger partial charge in [0.15, 0.2) is 0 Å². The van der Waals surface area contributed by atoms with Crippen LogP contribution in [-0.2, 0) is 16.0 Å². The molecule has 1 aliphatic heterocycles. The first-order valence-electron chi connectivity index (χ1n) is 9.90. The Hall–Kier alpha value is -2.82. The first-order chi connectivity index (χ1) is 13.6. The van der Waals surface area contributed by atoms with E-state index in [1.165, 1.54) is 0 Å². The molecule has 2 aromatic carbocycles. The summed E-state index contributed by atoms with van der Waals surface area (Å²) < 4.78 is 5.25. The first kappa shape index (κ1) is 19.9. The van der Waals surface area contributed by atoms with Gasteiger partial charge in [-0.15, -0.1) is 0 Å². The van der Waals surface area contributed by atoms with E-state index in [1.807, 2.05) is 48.2 Å². The van der Waals surface area contributed by atoms with Crippen LogP contribution in [0.25, 0.3) is 11.1 Å². The molecule has 148 valence electrons. The highest BCUT2D eigenvalue weighted by Crippen LogP contribution is 2.28. The lowest BCUT2D eigenvalue weighted by molar-refractivity contribution is -0.132. The second-order valence-electron chi connectivity index (χ2n) is 7.17. The number of nitrogens with one attached hydrogen (secondary N) is 1. The molecule has 0 saturated carbocycles. The molecular weight excluding hydrogens is 352 g/mol. The fourth-order valence-electron chi connectivity index (χ4n) is 3.67. The van der Waals surface area contributed by atoms with Crippen LogP contribution in [-0.4, -0.2) is 43.5 Å². The Balaban J connectivity index is 1.83. The zero-order valence-electron chi connectivity index (χ0n) is 16.6. The average molecular weight is 380 g/mol.